The molecule has 34 heavy (non-hydrogen) atoms. The summed E-state index contributed by atoms with van der Waals surface area (Å²) in [5, 5.41) is 12.1. The van der Waals surface area contributed by atoms with Crippen LogP contribution in [-0.4, -0.2) is 40.1 Å². The van der Waals surface area contributed by atoms with Gasteiger partial charge in [0.1, 0.15) is 11.5 Å². The number of thioether (sulfide) groups is 1. The maximum absolute atomic E-state index is 12.9. The van der Waals surface area contributed by atoms with Crippen LogP contribution in [-0.2, 0) is 4.79 Å². The van der Waals surface area contributed by atoms with Crippen molar-refractivity contribution in [3.63, 3.8) is 0 Å². The first-order chi connectivity index (χ1) is 16.5. The zero-order chi connectivity index (χ0) is 24.1. The minimum Gasteiger partial charge on any atom is -0.497 e. The van der Waals surface area contributed by atoms with Crippen molar-refractivity contribution in [3.05, 3.63) is 78.4 Å². The summed E-state index contributed by atoms with van der Waals surface area (Å²) in [5.41, 5.74) is 3.65. The summed E-state index contributed by atoms with van der Waals surface area (Å²) in [6.07, 6.45) is 0. The van der Waals surface area contributed by atoms with Gasteiger partial charge in [-0.1, -0.05) is 29.5 Å². The second-order valence-corrected chi connectivity index (χ2v) is 8.99. The van der Waals surface area contributed by atoms with Gasteiger partial charge in [-0.25, -0.2) is 0 Å². The molecule has 1 aromatic heterocycles. The highest BCUT2D eigenvalue weighted by atomic mass is 32.2. The molecule has 0 spiro atoms. The lowest BCUT2D eigenvalue weighted by Crippen LogP contribution is -2.22. The molecule has 4 aromatic rings. The van der Waals surface area contributed by atoms with E-state index in [1.54, 1.807) is 14.2 Å². The molecule has 0 aliphatic carbocycles. The number of carbonyl (C=O) groups is 1. The van der Waals surface area contributed by atoms with E-state index in [4.69, 9.17) is 9.47 Å². The smallest absolute Gasteiger partial charge is 0.237 e. The normalized spacial score (nSPS) is 11.6. The quantitative estimate of drug-likeness (QED) is 0.346. The van der Waals surface area contributed by atoms with Gasteiger partial charge in [0.25, 0.3) is 0 Å². The number of nitrogens with one attached hydrogen (secondary N) is 1. The molecule has 7 nitrogen and oxygen atoms in total. The van der Waals surface area contributed by atoms with Crippen LogP contribution >= 0.6 is 11.8 Å². The first-order valence-electron chi connectivity index (χ1n) is 10.8. The monoisotopic (exact) mass is 474 g/mol. The molecule has 8 heteroatoms. The number of ether oxygens (including phenoxy) is 2. The summed E-state index contributed by atoms with van der Waals surface area (Å²) in [5.74, 6) is 2.07. The Morgan fingerprint density at radius 1 is 0.882 bits per heavy atom. The second-order valence-electron chi connectivity index (χ2n) is 7.68. The van der Waals surface area contributed by atoms with Crippen LogP contribution in [0.5, 0.6) is 11.5 Å². The number of aryl methyl sites for hydroxylation is 1. The topological polar surface area (TPSA) is 78.3 Å². The maximum Gasteiger partial charge on any atom is 0.237 e. The number of methoxy groups -OCH3 is 2. The third kappa shape index (κ3) is 5.23. The van der Waals surface area contributed by atoms with Gasteiger partial charge in [0.05, 0.1) is 19.5 Å². The summed E-state index contributed by atoms with van der Waals surface area (Å²) in [6, 6.07) is 23.0. The van der Waals surface area contributed by atoms with Crippen LogP contribution in [0.3, 0.4) is 0 Å². The van der Waals surface area contributed by atoms with Gasteiger partial charge in [-0.05, 0) is 74.5 Å². The third-order valence-electron chi connectivity index (χ3n) is 5.28. The summed E-state index contributed by atoms with van der Waals surface area (Å²) in [7, 11) is 3.26. The van der Waals surface area contributed by atoms with E-state index in [0.717, 1.165) is 34.0 Å². The van der Waals surface area contributed by atoms with Crippen LogP contribution in [0.2, 0.25) is 0 Å². The minimum absolute atomic E-state index is 0.107. The molecule has 1 atom stereocenters. The van der Waals surface area contributed by atoms with Crippen LogP contribution in [0.1, 0.15) is 12.5 Å². The van der Waals surface area contributed by atoms with Crippen molar-refractivity contribution < 1.29 is 14.3 Å². The predicted molar refractivity (Wildman–Crippen MR) is 135 cm³/mol. The predicted octanol–water partition coefficient (Wildman–Crippen LogP) is 5.38. The van der Waals surface area contributed by atoms with Crippen LogP contribution in [0, 0.1) is 6.92 Å². The molecule has 0 aliphatic heterocycles. The Labute approximate surface area is 203 Å². The van der Waals surface area contributed by atoms with Gasteiger partial charge in [-0.3, -0.25) is 9.36 Å². The van der Waals surface area contributed by atoms with Crippen molar-refractivity contribution in [1.82, 2.24) is 14.8 Å². The summed E-state index contributed by atoms with van der Waals surface area (Å²) < 4.78 is 12.5. The first-order valence-corrected chi connectivity index (χ1v) is 11.6. The van der Waals surface area contributed by atoms with E-state index in [-0.39, 0.29) is 5.91 Å². The van der Waals surface area contributed by atoms with E-state index in [2.05, 4.69) is 15.5 Å². The second kappa shape index (κ2) is 10.4. The van der Waals surface area contributed by atoms with Crippen molar-refractivity contribution in [3.8, 4) is 28.6 Å². The number of carbonyl (C=O) groups excluding carboxylic acids is 1. The Kier molecular flexibility index (Phi) is 7.18. The molecule has 0 radical (unpaired) electrons. The van der Waals surface area contributed by atoms with Gasteiger partial charge in [0.15, 0.2) is 11.0 Å². The Morgan fingerprint density at radius 3 is 2.06 bits per heavy atom. The summed E-state index contributed by atoms with van der Waals surface area (Å²) in [4.78, 5) is 12.9. The molecule has 3 aromatic carbocycles. The molecule has 0 saturated heterocycles. The molecule has 4 rings (SSSR count). The van der Waals surface area contributed by atoms with Crippen molar-refractivity contribution in [2.75, 3.05) is 19.5 Å². The fourth-order valence-electron chi connectivity index (χ4n) is 3.33. The van der Waals surface area contributed by atoms with Gasteiger partial charge in [0, 0.05) is 16.9 Å². The van der Waals surface area contributed by atoms with E-state index >= 15 is 0 Å². The Hall–Kier alpha value is -3.78. The molecule has 174 valence electrons. The number of hydrogen-bond acceptors (Lipinski definition) is 6. The molecule has 0 fully saturated rings. The molecule has 0 unspecified atom stereocenters. The van der Waals surface area contributed by atoms with Crippen LogP contribution in [0.25, 0.3) is 17.1 Å². The summed E-state index contributed by atoms with van der Waals surface area (Å²) >= 11 is 1.35. The largest absolute Gasteiger partial charge is 0.497 e. The number of rotatable bonds is 8. The fourth-order valence-corrected chi connectivity index (χ4v) is 4.20. The van der Waals surface area contributed by atoms with Crippen molar-refractivity contribution in [2.45, 2.75) is 24.3 Å². The van der Waals surface area contributed by atoms with Gasteiger partial charge in [-0.15, -0.1) is 10.2 Å². The van der Waals surface area contributed by atoms with Crippen molar-refractivity contribution in [2.24, 2.45) is 0 Å². The molecule has 1 N–H and O–H groups in total. The van der Waals surface area contributed by atoms with E-state index in [1.807, 2.05) is 91.2 Å². The van der Waals surface area contributed by atoms with Crippen LogP contribution < -0.4 is 14.8 Å². The van der Waals surface area contributed by atoms with Gasteiger partial charge in [0.2, 0.25) is 5.91 Å². The van der Waals surface area contributed by atoms with Crippen LogP contribution in [0.4, 0.5) is 5.69 Å². The highest BCUT2D eigenvalue weighted by molar-refractivity contribution is 8.00. The number of amides is 1. The lowest BCUT2D eigenvalue weighted by Gasteiger charge is -2.14. The summed E-state index contributed by atoms with van der Waals surface area (Å²) in [6.45, 7) is 3.87. The molecular formula is C26H26N4O3S. The molecule has 1 amide bonds. The van der Waals surface area contributed by atoms with Crippen LogP contribution in [0.15, 0.2) is 78.0 Å². The van der Waals surface area contributed by atoms with E-state index in [0.29, 0.717) is 11.0 Å². The average Bonchev–Trinajstić information content (AvgIpc) is 3.28. The van der Waals surface area contributed by atoms with E-state index in [9.17, 15) is 4.79 Å². The number of benzene rings is 3. The molecule has 0 bridgehead atoms. The number of hydrogen-bond donors (Lipinski definition) is 1. The van der Waals surface area contributed by atoms with Gasteiger partial charge >= 0.3 is 0 Å². The zero-order valence-electron chi connectivity index (χ0n) is 19.5. The van der Waals surface area contributed by atoms with Gasteiger partial charge < -0.3 is 14.8 Å². The molecule has 0 aliphatic rings. The lowest BCUT2D eigenvalue weighted by molar-refractivity contribution is -0.115. The van der Waals surface area contributed by atoms with Crippen molar-refractivity contribution in [1.29, 1.82) is 0 Å². The minimum atomic E-state index is -0.397. The fraction of sp³-hybridized carbons (Fsp3) is 0.192. The third-order valence-corrected chi connectivity index (χ3v) is 6.33. The SMILES string of the molecule is COc1ccc(-c2nnc(S[C@@H](C)C(=O)Nc3ccc(C)cc3)n2-c2ccc(OC)cc2)cc1. The molecular weight excluding hydrogens is 448 g/mol. The molecule has 1 heterocycles. The number of aromatic nitrogens is 3. The maximum atomic E-state index is 12.9. The Balaban J connectivity index is 1.64. The average molecular weight is 475 g/mol. The Bertz CT molecular complexity index is 1250. The van der Waals surface area contributed by atoms with E-state index < -0.39 is 5.25 Å². The van der Waals surface area contributed by atoms with E-state index in [1.165, 1.54) is 11.8 Å². The van der Waals surface area contributed by atoms with Crippen molar-refractivity contribution >= 4 is 23.4 Å². The number of nitrogens with zero attached hydrogens (tertiary/aromatic N) is 3. The highest BCUT2D eigenvalue weighted by Gasteiger charge is 2.22. The molecule has 0 saturated carbocycles. The standard InChI is InChI=1S/C26H26N4O3S/c1-17-5-9-20(10-6-17)27-25(31)18(2)34-26-29-28-24(19-7-13-22(32-3)14-8-19)30(26)21-11-15-23(33-4)16-12-21/h5-16,18H,1-4H3,(H,27,31)/t18-/m0/s1. The Morgan fingerprint density at radius 2 is 1.47 bits per heavy atom. The lowest BCUT2D eigenvalue weighted by atomic mass is 10.2. The first kappa shape index (κ1) is 23.4. The number of anilines is 1. The zero-order valence-corrected chi connectivity index (χ0v) is 20.3. The van der Waals surface area contributed by atoms with Gasteiger partial charge in [-0.2, -0.15) is 0 Å². The highest BCUT2D eigenvalue weighted by Crippen LogP contribution is 2.32.